The van der Waals surface area contributed by atoms with Gasteiger partial charge in [0.25, 0.3) is 0 Å². The average molecular weight is 192 g/mol. The third-order valence-corrected chi connectivity index (χ3v) is 1.13. The van der Waals surface area contributed by atoms with Crippen molar-refractivity contribution in [3.8, 4) is 0 Å². The quantitative estimate of drug-likeness (QED) is 0.540. The summed E-state index contributed by atoms with van der Waals surface area (Å²) in [4.78, 5) is 0. The molecule has 4 nitrogen and oxygen atoms in total. The third-order valence-electron chi connectivity index (χ3n) is 1.13. The highest BCUT2D eigenvalue weighted by Crippen LogP contribution is 1.76. The van der Waals surface area contributed by atoms with Gasteiger partial charge in [0.05, 0.1) is 26.4 Å². The van der Waals surface area contributed by atoms with Gasteiger partial charge in [-0.25, -0.2) is 0 Å². The van der Waals surface area contributed by atoms with E-state index in [2.05, 4.69) is 5.32 Å². The lowest BCUT2D eigenvalue weighted by atomic mass is 10.6. The molecule has 0 atom stereocenters. The highest BCUT2D eigenvalue weighted by atomic mass is 16.5. The summed E-state index contributed by atoms with van der Waals surface area (Å²) in [5, 5.41) is 2.98. The molecular formula is C9H24N2O2. The number of rotatable bonds is 8. The van der Waals surface area contributed by atoms with Crippen molar-refractivity contribution < 1.29 is 9.47 Å². The summed E-state index contributed by atoms with van der Waals surface area (Å²) in [5.41, 5.74) is 5.22. The lowest BCUT2D eigenvalue weighted by molar-refractivity contribution is 0.0523. The van der Waals surface area contributed by atoms with Crippen LogP contribution in [-0.2, 0) is 9.47 Å². The van der Waals surface area contributed by atoms with Gasteiger partial charge in [0, 0.05) is 13.1 Å². The number of nitrogens with two attached hydrogens (primary N) is 1. The van der Waals surface area contributed by atoms with Gasteiger partial charge in [0.2, 0.25) is 0 Å². The van der Waals surface area contributed by atoms with E-state index in [1.807, 2.05) is 20.9 Å². The molecule has 0 saturated carbocycles. The Labute approximate surface area is 81.8 Å². The highest BCUT2D eigenvalue weighted by molar-refractivity contribution is 4.36. The minimum atomic E-state index is 0.580. The molecule has 0 aromatic carbocycles. The first kappa shape index (κ1) is 15.3. The van der Waals surface area contributed by atoms with Gasteiger partial charge in [-0.15, -0.1) is 0 Å². The zero-order valence-electron chi connectivity index (χ0n) is 9.14. The second-order valence-corrected chi connectivity index (χ2v) is 2.12. The van der Waals surface area contributed by atoms with E-state index in [9.17, 15) is 0 Å². The topological polar surface area (TPSA) is 56.5 Å². The van der Waals surface area contributed by atoms with Crippen molar-refractivity contribution >= 4 is 0 Å². The molecule has 0 aromatic rings. The molecule has 0 saturated heterocycles. The molecule has 0 bridgehead atoms. The Morgan fingerprint density at radius 1 is 1.00 bits per heavy atom. The molecular weight excluding hydrogens is 168 g/mol. The molecule has 0 amide bonds. The van der Waals surface area contributed by atoms with Crippen LogP contribution in [0.3, 0.4) is 0 Å². The second kappa shape index (κ2) is 17.8. The van der Waals surface area contributed by atoms with Gasteiger partial charge in [-0.3, -0.25) is 0 Å². The molecule has 0 aliphatic rings. The van der Waals surface area contributed by atoms with Crippen LogP contribution in [0.15, 0.2) is 0 Å². The number of likely N-dealkylation sites (N-methyl/N-ethyl adjacent to an activating group) is 1. The fourth-order valence-electron chi connectivity index (χ4n) is 0.580. The number of ether oxygens (including phenoxy) is 2. The van der Waals surface area contributed by atoms with E-state index in [0.717, 1.165) is 13.2 Å². The number of hydrogen-bond donors (Lipinski definition) is 2. The van der Waals surface area contributed by atoms with Crippen LogP contribution >= 0.6 is 0 Å². The Balaban J connectivity index is 0. The highest BCUT2D eigenvalue weighted by Gasteiger charge is 1.87. The Kier molecular flexibility index (Phi) is 21.0. The maximum Gasteiger partial charge on any atom is 0.0701 e. The third kappa shape index (κ3) is 18.7. The molecule has 0 radical (unpaired) electrons. The van der Waals surface area contributed by atoms with Gasteiger partial charge in [-0.05, 0) is 7.05 Å². The summed E-state index contributed by atoms with van der Waals surface area (Å²) >= 11 is 0. The van der Waals surface area contributed by atoms with Crippen LogP contribution in [0.25, 0.3) is 0 Å². The van der Waals surface area contributed by atoms with Gasteiger partial charge in [0.1, 0.15) is 0 Å². The molecule has 0 rings (SSSR count). The molecule has 0 aliphatic carbocycles. The first-order valence-electron chi connectivity index (χ1n) is 4.92. The van der Waals surface area contributed by atoms with Crippen molar-refractivity contribution in [2.24, 2.45) is 5.73 Å². The van der Waals surface area contributed by atoms with E-state index < -0.39 is 0 Å². The number of nitrogens with one attached hydrogen (secondary N) is 1. The SMILES string of the molecule is CC.CNCCOCCOCCN. The van der Waals surface area contributed by atoms with Crippen LogP contribution in [0.5, 0.6) is 0 Å². The van der Waals surface area contributed by atoms with Crippen molar-refractivity contribution in [2.45, 2.75) is 13.8 Å². The molecule has 0 aliphatic heterocycles. The monoisotopic (exact) mass is 192 g/mol. The van der Waals surface area contributed by atoms with Crippen LogP contribution in [-0.4, -0.2) is 46.6 Å². The lowest BCUT2D eigenvalue weighted by Crippen LogP contribution is -2.17. The predicted octanol–water partition coefficient (Wildman–Crippen LogP) is 0.224. The summed E-state index contributed by atoms with van der Waals surface area (Å²) in [5.74, 6) is 0. The van der Waals surface area contributed by atoms with Crippen molar-refractivity contribution in [3.63, 3.8) is 0 Å². The lowest BCUT2D eigenvalue weighted by Gasteiger charge is -2.03. The molecule has 4 heteroatoms. The van der Waals surface area contributed by atoms with Gasteiger partial charge in [-0.2, -0.15) is 0 Å². The smallest absolute Gasteiger partial charge is 0.0701 e. The Hall–Kier alpha value is -0.160. The normalized spacial score (nSPS) is 9.23. The Morgan fingerprint density at radius 3 is 2.00 bits per heavy atom. The molecule has 0 fully saturated rings. The molecule has 13 heavy (non-hydrogen) atoms. The van der Waals surface area contributed by atoms with Gasteiger partial charge in [-0.1, -0.05) is 13.8 Å². The van der Waals surface area contributed by atoms with E-state index in [-0.39, 0.29) is 0 Å². The van der Waals surface area contributed by atoms with Crippen molar-refractivity contribution in [3.05, 3.63) is 0 Å². The Morgan fingerprint density at radius 2 is 1.54 bits per heavy atom. The van der Waals surface area contributed by atoms with Crippen molar-refractivity contribution in [1.82, 2.24) is 5.32 Å². The minimum absolute atomic E-state index is 0.580. The minimum Gasteiger partial charge on any atom is -0.378 e. The predicted molar refractivity (Wildman–Crippen MR) is 56.0 cm³/mol. The van der Waals surface area contributed by atoms with E-state index in [4.69, 9.17) is 15.2 Å². The summed E-state index contributed by atoms with van der Waals surface area (Å²) < 4.78 is 10.3. The maximum absolute atomic E-state index is 5.22. The van der Waals surface area contributed by atoms with Crippen molar-refractivity contribution in [1.29, 1.82) is 0 Å². The van der Waals surface area contributed by atoms with E-state index in [1.54, 1.807) is 0 Å². The number of hydrogen-bond acceptors (Lipinski definition) is 4. The molecule has 0 heterocycles. The average Bonchev–Trinajstić information content (AvgIpc) is 2.20. The molecule has 82 valence electrons. The maximum atomic E-state index is 5.22. The standard InChI is InChI=1S/C7H18N2O2.C2H6/c1-9-3-5-11-7-6-10-4-2-8;1-2/h9H,2-8H2,1H3;1-2H3. The van der Waals surface area contributed by atoms with Crippen LogP contribution in [0.1, 0.15) is 13.8 Å². The summed E-state index contributed by atoms with van der Waals surface area (Å²) in [7, 11) is 1.90. The van der Waals surface area contributed by atoms with E-state index >= 15 is 0 Å². The van der Waals surface area contributed by atoms with E-state index in [1.165, 1.54) is 0 Å². The van der Waals surface area contributed by atoms with Gasteiger partial charge in [0.15, 0.2) is 0 Å². The second-order valence-electron chi connectivity index (χ2n) is 2.12. The first-order valence-corrected chi connectivity index (χ1v) is 4.92. The molecule has 0 unspecified atom stereocenters. The van der Waals surface area contributed by atoms with Crippen LogP contribution < -0.4 is 11.1 Å². The zero-order valence-corrected chi connectivity index (χ0v) is 9.14. The Bertz CT molecular complexity index is 64.6. The molecule has 0 aromatic heterocycles. The van der Waals surface area contributed by atoms with Gasteiger partial charge >= 0.3 is 0 Å². The summed E-state index contributed by atoms with van der Waals surface area (Å²) in [6.45, 7) is 8.12. The zero-order chi connectivity index (χ0) is 10.4. The molecule has 0 spiro atoms. The van der Waals surface area contributed by atoms with Crippen LogP contribution in [0.4, 0.5) is 0 Å². The summed E-state index contributed by atoms with van der Waals surface area (Å²) in [6.07, 6.45) is 0. The fraction of sp³-hybridized carbons (Fsp3) is 1.00. The van der Waals surface area contributed by atoms with Crippen LogP contribution in [0, 0.1) is 0 Å². The summed E-state index contributed by atoms with van der Waals surface area (Å²) in [6, 6.07) is 0. The largest absolute Gasteiger partial charge is 0.378 e. The first-order chi connectivity index (χ1) is 6.41. The van der Waals surface area contributed by atoms with E-state index in [0.29, 0.717) is 26.4 Å². The van der Waals surface area contributed by atoms with Gasteiger partial charge < -0.3 is 20.5 Å². The van der Waals surface area contributed by atoms with Crippen LogP contribution in [0.2, 0.25) is 0 Å². The fourth-order valence-corrected chi connectivity index (χ4v) is 0.580. The molecule has 3 N–H and O–H groups in total. The van der Waals surface area contributed by atoms with Crippen molar-refractivity contribution in [2.75, 3.05) is 46.6 Å².